The fourth-order valence-corrected chi connectivity index (χ4v) is 2.55. The molecule has 0 aliphatic carbocycles. The molecule has 0 aromatic heterocycles. The van der Waals surface area contributed by atoms with Crippen LogP contribution in [0.25, 0.3) is 0 Å². The molecule has 0 bridgehead atoms. The molecule has 0 spiro atoms. The van der Waals surface area contributed by atoms with Crippen molar-refractivity contribution in [3.05, 3.63) is 23.8 Å². The number of nitrogens with one attached hydrogen (secondary N) is 1. The van der Waals surface area contributed by atoms with Crippen LogP contribution in [0.4, 0.5) is 5.69 Å². The third kappa shape index (κ3) is 5.73. The van der Waals surface area contributed by atoms with Gasteiger partial charge in [0.1, 0.15) is 12.4 Å². The minimum absolute atomic E-state index is 0.219. The highest BCUT2D eigenvalue weighted by atomic mass is 16.5. The number of carbonyl (C=O) groups is 1. The van der Waals surface area contributed by atoms with Gasteiger partial charge in [-0.05, 0) is 38.2 Å². The number of nitrogens with two attached hydrogens (primary N) is 1. The van der Waals surface area contributed by atoms with Gasteiger partial charge in [0.2, 0.25) is 5.91 Å². The average Bonchev–Trinajstić information content (AvgIpc) is 2.55. The number of aryl methyl sites for hydroxylation is 1. The van der Waals surface area contributed by atoms with Crippen LogP contribution in [-0.4, -0.2) is 69.1 Å². The Balaban J connectivity index is 1.81. The van der Waals surface area contributed by atoms with Crippen molar-refractivity contribution in [2.24, 2.45) is 0 Å². The zero-order chi connectivity index (χ0) is 16.7. The molecule has 1 aromatic rings. The summed E-state index contributed by atoms with van der Waals surface area (Å²) in [5.41, 5.74) is 7.76. The molecule has 1 aliphatic heterocycles. The van der Waals surface area contributed by atoms with E-state index in [2.05, 4.69) is 10.2 Å². The molecule has 3 N–H and O–H groups in total. The molecule has 2 rings (SSSR count). The lowest BCUT2D eigenvalue weighted by Crippen LogP contribution is -2.46. The maximum absolute atomic E-state index is 12.2. The highest BCUT2D eigenvalue weighted by Gasteiger charge is 2.15. The van der Waals surface area contributed by atoms with Crippen molar-refractivity contribution in [3.63, 3.8) is 0 Å². The van der Waals surface area contributed by atoms with Crippen LogP contribution < -0.4 is 15.8 Å². The highest BCUT2D eigenvalue weighted by molar-refractivity contribution is 5.76. The van der Waals surface area contributed by atoms with Gasteiger partial charge in [-0.1, -0.05) is 6.07 Å². The molecule has 0 unspecified atom stereocenters. The van der Waals surface area contributed by atoms with E-state index in [1.54, 1.807) is 0 Å². The standard InChI is InChI=1S/C17H28N4O2/c1-20(2)11-12-23-16-5-3-14(13-15(16)18)4-6-17(22)21-9-7-19-8-10-21/h3,5,13,19H,4,6-12,18H2,1-2H3. The first-order valence-corrected chi connectivity index (χ1v) is 8.20. The maximum atomic E-state index is 12.2. The van der Waals surface area contributed by atoms with Crippen LogP contribution >= 0.6 is 0 Å². The van der Waals surface area contributed by atoms with E-state index < -0.39 is 0 Å². The number of likely N-dealkylation sites (N-methyl/N-ethyl adjacent to an activating group) is 1. The molecule has 1 amide bonds. The van der Waals surface area contributed by atoms with Gasteiger partial charge < -0.3 is 25.6 Å². The second kappa shape index (κ2) is 8.74. The first kappa shape index (κ1) is 17.6. The summed E-state index contributed by atoms with van der Waals surface area (Å²) in [5, 5.41) is 3.25. The number of anilines is 1. The Kier molecular flexibility index (Phi) is 6.67. The van der Waals surface area contributed by atoms with Crippen molar-refractivity contribution in [2.75, 3.05) is 59.2 Å². The predicted octanol–water partition coefficient (Wildman–Crippen LogP) is 0.574. The summed E-state index contributed by atoms with van der Waals surface area (Å²) in [4.78, 5) is 16.2. The molecule has 6 heteroatoms. The molecular formula is C17H28N4O2. The van der Waals surface area contributed by atoms with Crippen LogP contribution in [0.15, 0.2) is 18.2 Å². The molecule has 1 heterocycles. The van der Waals surface area contributed by atoms with E-state index in [0.29, 0.717) is 30.9 Å². The fraction of sp³-hybridized carbons (Fsp3) is 0.588. The Hall–Kier alpha value is -1.79. The van der Waals surface area contributed by atoms with Gasteiger partial charge in [-0.15, -0.1) is 0 Å². The van der Waals surface area contributed by atoms with Crippen LogP contribution in [0.3, 0.4) is 0 Å². The highest BCUT2D eigenvalue weighted by Crippen LogP contribution is 2.23. The lowest BCUT2D eigenvalue weighted by Gasteiger charge is -2.27. The van der Waals surface area contributed by atoms with Gasteiger partial charge in [-0.25, -0.2) is 0 Å². The van der Waals surface area contributed by atoms with Gasteiger partial charge in [0.05, 0.1) is 5.69 Å². The van der Waals surface area contributed by atoms with Gasteiger partial charge >= 0.3 is 0 Å². The van der Waals surface area contributed by atoms with Crippen molar-refractivity contribution in [1.82, 2.24) is 15.1 Å². The summed E-state index contributed by atoms with van der Waals surface area (Å²) >= 11 is 0. The molecular weight excluding hydrogens is 292 g/mol. The number of rotatable bonds is 7. The van der Waals surface area contributed by atoms with Gasteiger partial charge in [-0.2, -0.15) is 0 Å². The molecule has 23 heavy (non-hydrogen) atoms. The predicted molar refractivity (Wildman–Crippen MR) is 92.7 cm³/mol. The number of ether oxygens (including phenoxy) is 1. The van der Waals surface area contributed by atoms with E-state index in [0.717, 1.165) is 38.3 Å². The molecule has 6 nitrogen and oxygen atoms in total. The minimum atomic E-state index is 0.219. The smallest absolute Gasteiger partial charge is 0.222 e. The number of hydrogen-bond donors (Lipinski definition) is 2. The van der Waals surface area contributed by atoms with Crippen molar-refractivity contribution < 1.29 is 9.53 Å². The number of nitrogen functional groups attached to an aromatic ring is 1. The molecule has 1 aromatic carbocycles. The molecule has 1 fully saturated rings. The minimum Gasteiger partial charge on any atom is -0.490 e. The average molecular weight is 320 g/mol. The number of piperazine rings is 1. The van der Waals surface area contributed by atoms with E-state index in [1.165, 1.54) is 0 Å². The normalized spacial score (nSPS) is 15.0. The van der Waals surface area contributed by atoms with Gasteiger partial charge in [0.15, 0.2) is 0 Å². The molecule has 128 valence electrons. The summed E-state index contributed by atoms with van der Waals surface area (Å²) < 4.78 is 5.67. The molecule has 1 saturated heterocycles. The summed E-state index contributed by atoms with van der Waals surface area (Å²) in [6.07, 6.45) is 1.24. The zero-order valence-corrected chi connectivity index (χ0v) is 14.2. The Morgan fingerprint density at radius 3 is 2.74 bits per heavy atom. The summed E-state index contributed by atoms with van der Waals surface area (Å²) in [6, 6.07) is 5.80. The summed E-state index contributed by atoms with van der Waals surface area (Å²) in [5.74, 6) is 0.931. The molecule has 0 radical (unpaired) electrons. The van der Waals surface area contributed by atoms with Gasteiger partial charge in [0.25, 0.3) is 0 Å². The topological polar surface area (TPSA) is 70.8 Å². The maximum Gasteiger partial charge on any atom is 0.222 e. The fourth-order valence-electron chi connectivity index (χ4n) is 2.55. The van der Waals surface area contributed by atoms with E-state index in [-0.39, 0.29) is 5.91 Å². The lowest BCUT2D eigenvalue weighted by molar-refractivity contribution is -0.131. The summed E-state index contributed by atoms with van der Waals surface area (Å²) in [6.45, 7) is 4.84. The lowest BCUT2D eigenvalue weighted by atomic mass is 10.1. The quantitative estimate of drug-likeness (QED) is 0.719. The second-order valence-corrected chi connectivity index (χ2v) is 6.15. The van der Waals surface area contributed by atoms with Crippen molar-refractivity contribution in [1.29, 1.82) is 0 Å². The Morgan fingerprint density at radius 2 is 2.09 bits per heavy atom. The largest absolute Gasteiger partial charge is 0.490 e. The summed E-state index contributed by atoms with van der Waals surface area (Å²) in [7, 11) is 4.01. The van der Waals surface area contributed by atoms with Crippen molar-refractivity contribution in [3.8, 4) is 5.75 Å². The van der Waals surface area contributed by atoms with E-state index in [9.17, 15) is 4.79 Å². The molecule has 0 atom stereocenters. The zero-order valence-electron chi connectivity index (χ0n) is 14.2. The number of nitrogens with zero attached hydrogens (tertiary/aromatic N) is 2. The monoisotopic (exact) mass is 320 g/mol. The van der Waals surface area contributed by atoms with Crippen molar-refractivity contribution in [2.45, 2.75) is 12.8 Å². The third-order valence-electron chi connectivity index (χ3n) is 3.97. The number of benzene rings is 1. The van der Waals surface area contributed by atoms with Crippen LogP contribution in [0, 0.1) is 0 Å². The first-order chi connectivity index (χ1) is 11.1. The number of amides is 1. The van der Waals surface area contributed by atoms with Crippen LogP contribution in [0.1, 0.15) is 12.0 Å². The Bertz CT molecular complexity index is 513. The van der Waals surface area contributed by atoms with Crippen LogP contribution in [0.5, 0.6) is 5.75 Å². The van der Waals surface area contributed by atoms with Crippen LogP contribution in [0.2, 0.25) is 0 Å². The van der Waals surface area contributed by atoms with Crippen LogP contribution in [-0.2, 0) is 11.2 Å². The SMILES string of the molecule is CN(C)CCOc1ccc(CCC(=O)N2CCNCC2)cc1N. The third-order valence-corrected chi connectivity index (χ3v) is 3.97. The van der Waals surface area contributed by atoms with Crippen molar-refractivity contribution >= 4 is 11.6 Å². The van der Waals surface area contributed by atoms with E-state index >= 15 is 0 Å². The second-order valence-electron chi connectivity index (χ2n) is 6.15. The van der Waals surface area contributed by atoms with Gasteiger partial charge in [-0.3, -0.25) is 4.79 Å². The Morgan fingerprint density at radius 1 is 1.35 bits per heavy atom. The van der Waals surface area contributed by atoms with E-state index in [1.807, 2.05) is 37.2 Å². The number of carbonyl (C=O) groups excluding carboxylic acids is 1. The molecule has 1 aliphatic rings. The van der Waals surface area contributed by atoms with E-state index in [4.69, 9.17) is 10.5 Å². The Labute approximate surface area is 138 Å². The first-order valence-electron chi connectivity index (χ1n) is 8.20. The molecule has 0 saturated carbocycles. The van der Waals surface area contributed by atoms with Gasteiger partial charge in [0, 0.05) is 39.1 Å². The number of hydrogen-bond acceptors (Lipinski definition) is 5.